The molecule has 5 atom stereocenters. The van der Waals surface area contributed by atoms with Gasteiger partial charge in [-0.05, 0) is 54.7 Å². The number of rotatable bonds is 5. The number of nitrogens with one attached hydrogen (secondary N) is 1. The maximum absolute atomic E-state index is 13.0. The molecule has 1 unspecified atom stereocenters. The number of benzene rings is 1. The van der Waals surface area contributed by atoms with Gasteiger partial charge in [-0.25, -0.2) is 4.98 Å². The fraction of sp³-hybridized carbons (Fsp3) is 0.630. The molecule has 3 aliphatic heterocycles. The number of amides is 1. The fourth-order valence-corrected chi connectivity index (χ4v) is 6.66. The van der Waals surface area contributed by atoms with Crippen LogP contribution >= 0.6 is 11.6 Å². The third-order valence-electron chi connectivity index (χ3n) is 9.23. The Labute approximate surface area is 216 Å². The van der Waals surface area contributed by atoms with Gasteiger partial charge in [0, 0.05) is 50.3 Å². The molecule has 8 nitrogen and oxygen atoms in total. The van der Waals surface area contributed by atoms with Crippen molar-refractivity contribution in [3.05, 3.63) is 29.4 Å². The van der Waals surface area contributed by atoms with Gasteiger partial charge in [-0.2, -0.15) is 0 Å². The molecular weight excluding hydrogens is 480 g/mol. The highest BCUT2D eigenvalue weighted by Gasteiger charge is 2.59. The molecule has 0 radical (unpaired) electrons. The number of anilines is 2. The zero-order valence-electron chi connectivity index (χ0n) is 21.0. The Morgan fingerprint density at radius 2 is 1.94 bits per heavy atom. The van der Waals surface area contributed by atoms with Gasteiger partial charge in [-0.15, -0.1) is 0 Å². The molecule has 194 valence electrons. The SMILES string of the molecule is C[C@]1(C2CCOC2)C[C@@H]1C(=O)Nc1cc2cc(N3CCN([C@]4(C)COC[C@@H]4O)CC3)c(Cl)cc2cn1. The minimum absolute atomic E-state index is 0.0180. The Hall–Kier alpha value is -1.97. The van der Waals surface area contributed by atoms with E-state index in [2.05, 4.69) is 40.0 Å². The average molecular weight is 515 g/mol. The molecule has 2 aromatic rings. The lowest BCUT2D eigenvalue weighted by Gasteiger charge is -2.45. The monoisotopic (exact) mass is 514 g/mol. The number of pyridine rings is 1. The molecule has 1 aromatic heterocycles. The summed E-state index contributed by atoms with van der Waals surface area (Å²) in [6.07, 6.45) is 3.26. The van der Waals surface area contributed by atoms with Crippen LogP contribution in [0.15, 0.2) is 24.4 Å². The summed E-state index contributed by atoms with van der Waals surface area (Å²) < 4.78 is 11.1. The number of aliphatic hydroxyl groups is 1. The standard InChI is InChI=1S/C27H35ClN4O4/c1-26(19-3-8-35-14-19)12-20(26)25(34)30-24-11-17-10-22(21(28)9-18(17)13-29-24)31-4-6-32(7-5-31)27(2)16-36-15-23(27)33/h9-11,13,19-20,23,33H,3-8,12,14-16H2,1-2H3,(H,29,30,34)/t19?,20-,23+,26-,27-/m1/s1. The molecular formula is C27H35ClN4O4. The van der Waals surface area contributed by atoms with Crippen molar-refractivity contribution < 1.29 is 19.4 Å². The second-order valence-electron chi connectivity index (χ2n) is 11.4. The normalized spacial score (nSPS) is 34.9. The van der Waals surface area contributed by atoms with E-state index in [0.717, 1.165) is 68.7 Å². The fourth-order valence-electron chi connectivity index (χ4n) is 6.37. The molecule has 2 N–H and O–H groups in total. The maximum Gasteiger partial charge on any atom is 0.229 e. The second kappa shape index (κ2) is 9.10. The Bertz CT molecular complexity index is 1170. The summed E-state index contributed by atoms with van der Waals surface area (Å²) in [5.41, 5.74) is 0.690. The van der Waals surface area contributed by atoms with Crippen LogP contribution in [-0.4, -0.2) is 85.1 Å². The van der Waals surface area contributed by atoms with Crippen molar-refractivity contribution in [2.75, 3.05) is 62.8 Å². The Morgan fingerprint density at radius 1 is 1.14 bits per heavy atom. The van der Waals surface area contributed by atoms with Crippen molar-refractivity contribution in [1.82, 2.24) is 9.88 Å². The molecule has 0 spiro atoms. The number of carbonyl (C=O) groups excluding carboxylic acids is 1. The van der Waals surface area contributed by atoms with Crippen molar-refractivity contribution in [1.29, 1.82) is 0 Å². The van der Waals surface area contributed by atoms with E-state index in [1.54, 1.807) is 6.20 Å². The highest BCUT2D eigenvalue weighted by Crippen LogP contribution is 2.59. The molecule has 1 aromatic carbocycles. The lowest BCUT2D eigenvalue weighted by molar-refractivity contribution is -0.118. The molecule has 3 saturated heterocycles. The number of ether oxygens (including phenoxy) is 2. The first kappa shape index (κ1) is 24.4. The highest BCUT2D eigenvalue weighted by atomic mass is 35.5. The number of aromatic nitrogens is 1. The molecule has 4 fully saturated rings. The van der Waals surface area contributed by atoms with Crippen molar-refractivity contribution in [2.45, 2.75) is 38.3 Å². The van der Waals surface area contributed by atoms with Gasteiger partial charge < -0.3 is 24.8 Å². The Kier molecular flexibility index (Phi) is 6.16. The van der Waals surface area contributed by atoms with Gasteiger partial charge >= 0.3 is 0 Å². The number of hydrogen-bond acceptors (Lipinski definition) is 7. The molecule has 4 heterocycles. The largest absolute Gasteiger partial charge is 0.389 e. The third-order valence-corrected chi connectivity index (χ3v) is 9.53. The van der Waals surface area contributed by atoms with Gasteiger partial charge in [0.1, 0.15) is 5.82 Å². The molecule has 1 saturated carbocycles. The number of aliphatic hydroxyl groups excluding tert-OH is 1. The quantitative estimate of drug-likeness (QED) is 0.633. The number of carbonyl (C=O) groups is 1. The zero-order valence-corrected chi connectivity index (χ0v) is 21.8. The van der Waals surface area contributed by atoms with Gasteiger partial charge in [0.25, 0.3) is 0 Å². The van der Waals surface area contributed by atoms with Gasteiger partial charge in [0.05, 0.1) is 42.2 Å². The minimum Gasteiger partial charge on any atom is -0.389 e. The molecule has 1 aliphatic carbocycles. The summed E-state index contributed by atoms with van der Waals surface area (Å²) in [6.45, 7) is 10.1. The predicted molar refractivity (Wildman–Crippen MR) is 140 cm³/mol. The van der Waals surface area contributed by atoms with Crippen molar-refractivity contribution in [2.24, 2.45) is 17.3 Å². The third kappa shape index (κ3) is 4.17. The van der Waals surface area contributed by atoms with E-state index >= 15 is 0 Å². The lowest BCUT2D eigenvalue weighted by Crippen LogP contribution is -2.60. The molecule has 9 heteroatoms. The molecule has 6 rings (SSSR count). The number of hydrogen-bond donors (Lipinski definition) is 2. The summed E-state index contributed by atoms with van der Waals surface area (Å²) in [6, 6.07) is 5.98. The van der Waals surface area contributed by atoms with Crippen LogP contribution < -0.4 is 10.2 Å². The number of fused-ring (bicyclic) bond motifs is 1. The maximum atomic E-state index is 13.0. The van der Waals surface area contributed by atoms with Gasteiger partial charge in [0.2, 0.25) is 5.91 Å². The van der Waals surface area contributed by atoms with Gasteiger partial charge in [0.15, 0.2) is 0 Å². The molecule has 1 amide bonds. The first-order chi connectivity index (χ1) is 17.3. The average Bonchev–Trinajstić information content (AvgIpc) is 3.19. The van der Waals surface area contributed by atoms with Crippen LogP contribution in [0.3, 0.4) is 0 Å². The van der Waals surface area contributed by atoms with E-state index in [1.807, 2.05) is 12.1 Å². The minimum atomic E-state index is -0.463. The summed E-state index contributed by atoms with van der Waals surface area (Å²) >= 11 is 6.70. The first-order valence-corrected chi connectivity index (χ1v) is 13.4. The predicted octanol–water partition coefficient (Wildman–Crippen LogP) is 3.16. The van der Waals surface area contributed by atoms with Crippen LogP contribution in [0.25, 0.3) is 10.8 Å². The van der Waals surface area contributed by atoms with Crippen LogP contribution in [-0.2, 0) is 14.3 Å². The van der Waals surface area contributed by atoms with Crippen LogP contribution in [0, 0.1) is 17.3 Å². The van der Waals surface area contributed by atoms with Crippen LogP contribution in [0.2, 0.25) is 5.02 Å². The number of piperazine rings is 1. The van der Waals surface area contributed by atoms with E-state index < -0.39 is 6.10 Å². The molecule has 4 aliphatic rings. The van der Waals surface area contributed by atoms with Crippen LogP contribution in [0.1, 0.15) is 26.7 Å². The van der Waals surface area contributed by atoms with E-state index in [4.69, 9.17) is 21.1 Å². The van der Waals surface area contributed by atoms with Crippen molar-refractivity contribution in [3.63, 3.8) is 0 Å². The highest BCUT2D eigenvalue weighted by molar-refractivity contribution is 6.34. The lowest BCUT2D eigenvalue weighted by atomic mass is 9.88. The molecule has 36 heavy (non-hydrogen) atoms. The number of halogens is 1. The summed E-state index contributed by atoms with van der Waals surface area (Å²) in [5, 5.41) is 16.1. The smallest absolute Gasteiger partial charge is 0.229 e. The Morgan fingerprint density at radius 3 is 2.64 bits per heavy atom. The van der Waals surface area contributed by atoms with E-state index in [1.165, 1.54) is 0 Å². The topological polar surface area (TPSA) is 87.2 Å². The molecule has 0 bridgehead atoms. The van der Waals surface area contributed by atoms with Gasteiger partial charge in [-0.3, -0.25) is 9.69 Å². The van der Waals surface area contributed by atoms with Crippen molar-refractivity contribution in [3.8, 4) is 0 Å². The summed E-state index contributed by atoms with van der Waals surface area (Å²) in [7, 11) is 0. The van der Waals surface area contributed by atoms with E-state index in [9.17, 15) is 9.90 Å². The van der Waals surface area contributed by atoms with Gasteiger partial charge in [-0.1, -0.05) is 18.5 Å². The van der Waals surface area contributed by atoms with E-state index in [-0.39, 0.29) is 22.8 Å². The summed E-state index contributed by atoms with van der Waals surface area (Å²) in [4.78, 5) is 22.1. The van der Waals surface area contributed by atoms with Crippen molar-refractivity contribution >= 4 is 39.8 Å². The first-order valence-electron chi connectivity index (χ1n) is 13.0. The zero-order chi connectivity index (χ0) is 25.1. The number of nitrogens with zero attached hydrogens (tertiary/aromatic N) is 3. The summed E-state index contributed by atoms with van der Waals surface area (Å²) in [5.74, 6) is 1.11. The van der Waals surface area contributed by atoms with Crippen LogP contribution in [0.4, 0.5) is 11.5 Å². The second-order valence-corrected chi connectivity index (χ2v) is 11.8. The van der Waals surface area contributed by atoms with Crippen LogP contribution in [0.5, 0.6) is 0 Å². The van der Waals surface area contributed by atoms with E-state index in [0.29, 0.717) is 30.0 Å². The Balaban J connectivity index is 1.15.